The van der Waals surface area contributed by atoms with E-state index in [4.69, 9.17) is 15.6 Å². The molecule has 1 unspecified atom stereocenters. The quantitative estimate of drug-likeness (QED) is 0.805. The SMILES string of the molecule is Nc1ccccc1N(CC(=O)O)C(=O)CC1CCCCO1. The van der Waals surface area contributed by atoms with Crippen molar-refractivity contribution in [2.75, 3.05) is 23.8 Å². The van der Waals surface area contributed by atoms with Gasteiger partial charge in [-0.1, -0.05) is 12.1 Å². The summed E-state index contributed by atoms with van der Waals surface area (Å²) in [5.74, 6) is -1.35. The van der Waals surface area contributed by atoms with E-state index in [9.17, 15) is 9.59 Å². The number of ether oxygens (including phenoxy) is 1. The Morgan fingerprint density at radius 2 is 2.10 bits per heavy atom. The summed E-state index contributed by atoms with van der Waals surface area (Å²) in [7, 11) is 0. The molecule has 6 nitrogen and oxygen atoms in total. The van der Waals surface area contributed by atoms with Crippen LogP contribution in [-0.2, 0) is 14.3 Å². The molecule has 1 aromatic rings. The Hall–Kier alpha value is -2.08. The molecular weight excluding hydrogens is 272 g/mol. The molecule has 0 bridgehead atoms. The Morgan fingerprint density at radius 1 is 1.33 bits per heavy atom. The third kappa shape index (κ3) is 4.19. The van der Waals surface area contributed by atoms with E-state index in [0.717, 1.165) is 19.3 Å². The normalized spacial score (nSPS) is 18.2. The molecule has 114 valence electrons. The number of amides is 1. The van der Waals surface area contributed by atoms with Gasteiger partial charge >= 0.3 is 5.97 Å². The van der Waals surface area contributed by atoms with Crippen LogP contribution in [0.5, 0.6) is 0 Å². The second kappa shape index (κ2) is 7.08. The minimum Gasteiger partial charge on any atom is -0.480 e. The first-order valence-electron chi connectivity index (χ1n) is 7.06. The van der Waals surface area contributed by atoms with E-state index < -0.39 is 12.5 Å². The third-order valence-electron chi connectivity index (χ3n) is 3.50. The van der Waals surface area contributed by atoms with Gasteiger partial charge in [0.15, 0.2) is 0 Å². The Morgan fingerprint density at radius 3 is 2.71 bits per heavy atom. The van der Waals surface area contributed by atoms with Gasteiger partial charge < -0.3 is 15.6 Å². The van der Waals surface area contributed by atoms with Gasteiger partial charge in [-0.25, -0.2) is 0 Å². The van der Waals surface area contributed by atoms with Crippen molar-refractivity contribution in [3.05, 3.63) is 24.3 Å². The average Bonchev–Trinajstić information content (AvgIpc) is 2.46. The van der Waals surface area contributed by atoms with E-state index >= 15 is 0 Å². The molecule has 0 aliphatic carbocycles. The molecule has 1 atom stereocenters. The predicted octanol–water partition coefficient (Wildman–Crippen LogP) is 1.65. The largest absolute Gasteiger partial charge is 0.480 e. The van der Waals surface area contributed by atoms with Gasteiger partial charge in [-0.2, -0.15) is 0 Å². The fraction of sp³-hybridized carbons (Fsp3) is 0.467. The van der Waals surface area contributed by atoms with Crippen molar-refractivity contribution in [2.24, 2.45) is 0 Å². The minimum absolute atomic E-state index is 0.132. The molecule has 1 heterocycles. The van der Waals surface area contributed by atoms with Crippen molar-refractivity contribution in [2.45, 2.75) is 31.8 Å². The number of para-hydroxylation sites is 2. The first-order chi connectivity index (χ1) is 10.1. The van der Waals surface area contributed by atoms with Crippen LogP contribution in [0.25, 0.3) is 0 Å². The van der Waals surface area contributed by atoms with E-state index in [-0.39, 0.29) is 18.4 Å². The highest BCUT2D eigenvalue weighted by Gasteiger charge is 2.25. The second-order valence-corrected chi connectivity index (χ2v) is 5.13. The van der Waals surface area contributed by atoms with Crippen LogP contribution in [-0.4, -0.2) is 36.2 Å². The second-order valence-electron chi connectivity index (χ2n) is 5.13. The lowest BCUT2D eigenvalue weighted by molar-refractivity contribution is -0.137. The number of nitrogens with zero attached hydrogens (tertiary/aromatic N) is 1. The molecule has 1 saturated heterocycles. The maximum Gasteiger partial charge on any atom is 0.323 e. The van der Waals surface area contributed by atoms with Gasteiger partial charge in [0.2, 0.25) is 5.91 Å². The molecule has 21 heavy (non-hydrogen) atoms. The van der Waals surface area contributed by atoms with E-state index in [1.807, 2.05) is 0 Å². The number of carbonyl (C=O) groups excluding carboxylic acids is 1. The summed E-state index contributed by atoms with van der Waals surface area (Å²) in [6.45, 7) is 0.254. The third-order valence-corrected chi connectivity index (χ3v) is 3.50. The van der Waals surface area contributed by atoms with Gasteiger partial charge in [0.1, 0.15) is 6.54 Å². The minimum atomic E-state index is -1.07. The Kier molecular flexibility index (Phi) is 5.16. The number of hydrogen-bond acceptors (Lipinski definition) is 4. The van der Waals surface area contributed by atoms with Crippen LogP contribution in [0.4, 0.5) is 11.4 Å². The molecule has 1 amide bonds. The van der Waals surface area contributed by atoms with E-state index in [1.54, 1.807) is 24.3 Å². The Bertz CT molecular complexity index is 512. The smallest absolute Gasteiger partial charge is 0.323 e. The number of carboxylic acid groups (broad SMARTS) is 1. The van der Waals surface area contributed by atoms with Gasteiger partial charge in [-0.15, -0.1) is 0 Å². The zero-order valence-electron chi connectivity index (χ0n) is 11.8. The highest BCUT2D eigenvalue weighted by Crippen LogP contribution is 2.25. The summed E-state index contributed by atoms with van der Waals surface area (Å²) in [6, 6.07) is 6.77. The highest BCUT2D eigenvalue weighted by atomic mass is 16.5. The fourth-order valence-corrected chi connectivity index (χ4v) is 2.45. The summed E-state index contributed by atoms with van der Waals surface area (Å²) in [4.78, 5) is 24.7. The van der Waals surface area contributed by atoms with Gasteiger partial charge in [0.25, 0.3) is 0 Å². The summed E-state index contributed by atoms with van der Waals surface area (Å²) in [5, 5.41) is 9.02. The number of aliphatic carboxylic acids is 1. The van der Waals surface area contributed by atoms with Gasteiger partial charge in [-0.05, 0) is 31.4 Å². The van der Waals surface area contributed by atoms with Crippen LogP contribution in [0, 0.1) is 0 Å². The van der Waals surface area contributed by atoms with Gasteiger partial charge in [0, 0.05) is 6.61 Å². The molecular formula is C15H20N2O4. The Labute approximate surface area is 123 Å². The predicted molar refractivity (Wildman–Crippen MR) is 79.1 cm³/mol. The number of carbonyl (C=O) groups is 2. The summed E-state index contributed by atoms with van der Waals surface area (Å²) in [6.07, 6.45) is 2.92. The van der Waals surface area contributed by atoms with Crippen molar-refractivity contribution < 1.29 is 19.4 Å². The lowest BCUT2D eigenvalue weighted by atomic mass is 10.1. The number of hydrogen-bond donors (Lipinski definition) is 2. The molecule has 1 fully saturated rings. The number of rotatable bonds is 5. The fourth-order valence-electron chi connectivity index (χ4n) is 2.45. The lowest BCUT2D eigenvalue weighted by Gasteiger charge is -2.27. The molecule has 3 N–H and O–H groups in total. The van der Waals surface area contributed by atoms with Crippen molar-refractivity contribution in [3.8, 4) is 0 Å². The van der Waals surface area contributed by atoms with Crippen LogP contribution in [0.2, 0.25) is 0 Å². The number of anilines is 2. The van der Waals surface area contributed by atoms with Crippen LogP contribution in [0.15, 0.2) is 24.3 Å². The summed E-state index contributed by atoms with van der Waals surface area (Å²) >= 11 is 0. The van der Waals surface area contributed by atoms with Crippen molar-refractivity contribution in [1.29, 1.82) is 0 Å². The topological polar surface area (TPSA) is 92.9 Å². The van der Waals surface area contributed by atoms with E-state index in [0.29, 0.717) is 18.0 Å². The van der Waals surface area contributed by atoms with E-state index in [2.05, 4.69) is 0 Å². The lowest BCUT2D eigenvalue weighted by Crippen LogP contribution is -2.38. The van der Waals surface area contributed by atoms with Crippen LogP contribution in [0.3, 0.4) is 0 Å². The zero-order chi connectivity index (χ0) is 15.2. The number of carboxylic acids is 1. The molecule has 0 aromatic heterocycles. The Balaban J connectivity index is 2.13. The van der Waals surface area contributed by atoms with Gasteiger partial charge in [0.05, 0.1) is 23.9 Å². The van der Waals surface area contributed by atoms with Crippen LogP contribution in [0.1, 0.15) is 25.7 Å². The number of nitrogen functional groups attached to an aromatic ring is 1. The molecule has 2 rings (SSSR count). The first-order valence-corrected chi connectivity index (χ1v) is 7.06. The van der Waals surface area contributed by atoms with Gasteiger partial charge in [-0.3, -0.25) is 14.5 Å². The number of nitrogens with two attached hydrogens (primary N) is 1. The number of benzene rings is 1. The molecule has 0 radical (unpaired) electrons. The van der Waals surface area contributed by atoms with Crippen LogP contribution >= 0.6 is 0 Å². The zero-order valence-corrected chi connectivity index (χ0v) is 11.8. The standard InChI is InChI=1S/C15H20N2O4/c16-12-6-1-2-7-13(12)17(10-15(19)20)14(18)9-11-5-3-4-8-21-11/h1-2,6-7,11H,3-5,8-10,16H2,(H,19,20). The van der Waals surface area contributed by atoms with E-state index in [1.165, 1.54) is 4.90 Å². The van der Waals surface area contributed by atoms with Crippen molar-refractivity contribution in [3.63, 3.8) is 0 Å². The highest BCUT2D eigenvalue weighted by molar-refractivity contribution is 6.00. The van der Waals surface area contributed by atoms with Crippen molar-refractivity contribution in [1.82, 2.24) is 0 Å². The molecule has 1 aliphatic heterocycles. The molecule has 1 aliphatic rings. The molecule has 0 saturated carbocycles. The molecule has 1 aromatic carbocycles. The monoisotopic (exact) mass is 292 g/mol. The van der Waals surface area contributed by atoms with Crippen LogP contribution < -0.4 is 10.6 Å². The van der Waals surface area contributed by atoms with Crippen molar-refractivity contribution >= 4 is 23.3 Å². The average molecular weight is 292 g/mol. The maximum atomic E-state index is 12.4. The molecule has 0 spiro atoms. The molecule has 6 heteroatoms. The first kappa shape index (κ1) is 15.3. The summed E-state index contributed by atoms with van der Waals surface area (Å²) < 4.78 is 5.54. The maximum absolute atomic E-state index is 12.4. The summed E-state index contributed by atoms with van der Waals surface area (Å²) in [5.41, 5.74) is 6.67.